The summed E-state index contributed by atoms with van der Waals surface area (Å²) in [7, 11) is 0. The van der Waals surface area contributed by atoms with E-state index in [1.165, 1.54) is 0 Å². The zero-order chi connectivity index (χ0) is 21.5. The van der Waals surface area contributed by atoms with Crippen LogP contribution in [0.1, 0.15) is 21.6 Å². The molecule has 31 heavy (non-hydrogen) atoms. The standard InChI is InChI=1S/C25H26N4O2/c30-24(19-29-16-14-28(15-17-29)18-21-10-6-7-13-26-21)27-23-12-5-4-11-22(23)25(31)20-8-2-1-3-9-20/h1-13H,14-19H2,(H,27,30). The smallest absolute Gasteiger partial charge is 0.238 e. The molecular formula is C25H26N4O2. The number of rotatable bonds is 7. The summed E-state index contributed by atoms with van der Waals surface area (Å²) in [4.78, 5) is 34.4. The van der Waals surface area contributed by atoms with Crippen molar-refractivity contribution in [1.29, 1.82) is 0 Å². The molecule has 3 aromatic rings. The Bertz CT molecular complexity index is 1020. The van der Waals surface area contributed by atoms with E-state index in [-0.39, 0.29) is 11.7 Å². The van der Waals surface area contributed by atoms with Crippen molar-refractivity contribution in [2.45, 2.75) is 6.54 Å². The Balaban J connectivity index is 1.31. The van der Waals surface area contributed by atoms with Crippen LogP contribution in [0.2, 0.25) is 0 Å². The van der Waals surface area contributed by atoms with Gasteiger partial charge >= 0.3 is 0 Å². The molecule has 6 nitrogen and oxygen atoms in total. The third kappa shape index (κ3) is 5.63. The van der Waals surface area contributed by atoms with Crippen LogP contribution >= 0.6 is 0 Å². The van der Waals surface area contributed by atoms with Crippen LogP contribution < -0.4 is 5.32 Å². The van der Waals surface area contributed by atoms with Crippen LogP contribution in [0.15, 0.2) is 79.0 Å². The third-order valence-electron chi connectivity index (χ3n) is 5.43. The fourth-order valence-corrected chi connectivity index (χ4v) is 3.75. The minimum Gasteiger partial charge on any atom is -0.324 e. The van der Waals surface area contributed by atoms with E-state index in [1.807, 2.05) is 54.7 Å². The lowest BCUT2D eigenvalue weighted by Gasteiger charge is -2.34. The first kappa shape index (κ1) is 20.9. The number of ketones is 1. The van der Waals surface area contributed by atoms with Gasteiger partial charge in [0.1, 0.15) is 0 Å². The Kier molecular flexibility index (Phi) is 6.82. The molecule has 0 saturated carbocycles. The summed E-state index contributed by atoms with van der Waals surface area (Å²) in [6.07, 6.45) is 1.82. The summed E-state index contributed by atoms with van der Waals surface area (Å²) in [5.41, 5.74) is 2.72. The van der Waals surface area contributed by atoms with Crippen molar-refractivity contribution >= 4 is 17.4 Å². The molecule has 1 aromatic heterocycles. The quantitative estimate of drug-likeness (QED) is 0.602. The molecule has 158 valence electrons. The number of piperazine rings is 1. The molecule has 0 unspecified atom stereocenters. The Morgan fingerprint density at radius 2 is 1.48 bits per heavy atom. The average molecular weight is 415 g/mol. The van der Waals surface area contributed by atoms with E-state index in [9.17, 15) is 9.59 Å². The Labute approximate surface area is 182 Å². The highest BCUT2D eigenvalue weighted by atomic mass is 16.2. The maximum absolute atomic E-state index is 12.9. The first-order valence-electron chi connectivity index (χ1n) is 10.5. The molecule has 2 aromatic carbocycles. The van der Waals surface area contributed by atoms with E-state index >= 15 is 0 Å². The molecule has 1 aliphatic rings. The first-order chi connectivity index (χ1) is 15.2. The molecule has 1 aliphatic heterocycles. The number of para-hydroxylation sites is 1. The normalized spacial score (nSPS) is 14.8. The number of aromatic nitrogens is 1. The lowest BCUT2D eigenvalue weighted by molar-refractivity contribution is -0.117. The molecule has 6 heteroatoms. The van der Waals surface area contributed by atoms with Gasteiger partial charge in [-0.3, -0.25) is 24.4 Å². The monoisotopic (exact) mass is 414 g/mol. The number of pyridine rings is 1. The second-order valence-electron chi connectivity index (χ2n) is 7.66. The number of hydrogen-bond acceptors (Lipinski definition) is 5. The van der Waals surface area contributed by atoms with Crippen LogP contribution in [0.25, 0.3) is 0 Å². The van der Waals surface area contributed by atoms with Crippen molar-refractivity contribution in [3.63, 3.8) is 0 Å². The van der Waals surface area contributed by atoms with Gasteiger partial charge in [-0.2, -0.15) is 0 Å². The van der Waals surface area contributed by atoms with Crippen molar-refractivity contribution in [3.05, 3.63) is 95.8 Å². The predicted octanol–water partition coefficient (Wildman–Crippen LogP) is 3.07. The fraction of sp³-hybridized carbons (Fsp3) is 0.240. The number of carbonyl (C=O) groups is 2. The summed E-state index contributed by atoms with van der Waals surface area (Å²) in [5, 5.41) is 2.93. The number of anilines is 1. The molecule has 4 rings (SSSR count). The van der Waals surface area contributed by atoms with Crippen molar-refractivity contribution in [3.8, 4) is 0 Å². The molecule has 2 heterocycles. The van der Waals surface area contributed by atoms with Gasteiger partial charge in [0.2, 0.25) is 5.91 Å². The van der Waals surface area contributed by atoms with Crippen LogP contribution in [0, 0.1) is 0 Å². The van der Waals surface area contributed by atoms with Crippen LogP contribution in [0.4, 0.5) is 5.69 Å². The van der Waals surface area contributed by atoms with Crippen LogP contribution in [-0.4, -0.2) is 59.2 Å². The average Bonchev–Trinajstić information content (AvgIpc) is 2.81. The Morgan fingerprint density at radius 1 is 0.806 bits per heavy atom. The van der Waals surface area contributed by atoms with Crippen molar-refractivity contribution < 1.29 is 9.59 Å². The SMILES string of the molecule is O=C(CN1CCN(Cc2ccccn2)CC1)Nc1ccccc1C(=O)c1ccccc1. The molecule has 0 aliphatic carbocycles. The summed E-state index contributed by atoms with van der Waals surface area (Å²) < 4.78 is 0. The summed E-state index contributed by atoms with van der Waals surface area (Å²) in [5.74, 6) is -0.203. The number of hydrogen-bond donors (Lipinski definition) is 1. The number of nitrogens with zero attached hydrogens (tertiary/aromatic N) is 3. The maximum Gasteiger partial charge on any atom is 0.238 e. The molecule has 1 saturated heterocycles. The minimum atomic E-state index is -0.105. The molecular weight excluding hydrogens is 388 g/mol. The van der Waals surface area contributed by atoms with Crippen molar-refractivity contribution in [1.82, 2.24) is 14.8 Å². The molecule has 1 fully saturated rings. The molecule has 1 N–H and O–H groups in total. The summed E-state index contributed by atoms with van der Waals surface area (Å²) in [6.45, 7) is 4.58. The van der Waals surface area contributed by atoms with Crippen LogP contribution in [0.3, 0.4) is 0 Å². The van der Waals surface area contributed by atoms with Gasteiger partial charge in [-0.15, -0.1) is 0 Å². The second kappa shape index (κ2) is 10.1. The molecule has 0 bridgehead atoms. The van der Waals surface area contributed by atoms with Gasteiger partial charge in [-0.1, -0.05) is 48.5 Å². The number of carbonyl (C=O) groups excluding carboxylic acids is 2. The van der Waals surface area contributed by atoms with E-state index in [1.54, 1.807) is 24.3 Å². The Hall–Kier alpha value is -3.35. The van der Waals surface area contributed by atoms with Crippen molar-refractivity contribution in [2.75, 3.05) is 38.0 Å². The van der Waals surface area contributed by atoms with Gasteiger partial charge in [-0.05, 0) is 24.3 Å². The van der Waals surface area contributed by atoms with Crippen LogP contribution in [0.5, 0.6) is 0 Å². The predicted molar refractivity (Wildman–Crippen MR) is 121 cm³/mol. The fourth-order valence-electron chi connectivity index (χ4n) is 3.75. The summed E-state index contributed by atoms with van der Waals surface area (Å²) >= 11 is 0. The summed E-state index contributed by atoms with van der Waals surface area (Å²) in [6, 6.07) is 22.2. The minimum absolute atomic E-state index is 0.0976. The number of nitrogens with one attached hydrogen (secondary N) is 1. The number of amides is 1. The largest absolute Gasteiger partial charge is 0.324 e. The second-order valence-corrected chi connectivity index (χ2v) is 7.66. The van der Waals surface area contributed by atoms with Gasteiger partial charge in [0.05, 0.1) is 17.9 Å². The topological polar surface area (TPSA) is 65.5 Å². The highest BCUT2D eigenvalue weighted by Gasteiger charge is 2.20. The molecule has 1 amide bonds. The van der Waals surface area contributed by atoms with Crippen molar-refractivity contribution in [2.24, 2.45) is 0 Å². The van der Waals surface area contributed by atoms with E-state index in [0.29, 0.717) is 23.4 Å². The van der Waals surface area contributed by atoms with E-state index in [4.69, 9.17) is 0 Å². The lowest BCUT2D eigenvalue weighted by Crippen LogP contribution is -2.48. The van der Waals surface area contributed by atoms with E-state index < -0.39 is 0 Å². The van der Waals surface area contributed by atoms with Gasteiger partial charge in [-0.25, -0.2) is 0 Å². The molecule has 0 atom stereocenters. The van der Waals surface area contributed by atoms with Gasteiger partial charge < -0.3 is 5.32 Å². The van der Waals surface area contributed by atoms with E-state index in [0.717, 1.165) is 38.4 Å². The highest BCUT2D eigenvalue weighted by molar-refractivity contribution is 6.13. The first-order valence-corrected chi connectivity index (χ1v) is 10.5. The zero-order valence-electron chi connectivity index (χ0n) is 17.4. The lowest BCUT2D eigenvalue weighted by atomic mass is 10.0. The van der Waals surface area contributed by atoms with Gasteiger partial charge in [0.15, 0.2) is 5.78 Å². The third-order valence-corrected chi connectivity index (χ3v) is 5.43. The molecule has 0 spiro atoms. The highest BCUT2D eigenvalue weighted by Crippen LogP contribution is 2.19. The number of benzene rings is 2. The zero-order valence-corrected chi connectivity index (χ0v) is 17.4. The maximum atomic E-state index is 12.9. The van der Waals surface area contributed by atoms with E-state index in [2.05, 4.69) is 20.1 Å². The van der Waals surface area contributed by atoms with Gasteiger partial charge in [0, 0.05) is 50.0 Å². The molecule has 0 radical (unpaired) electrons. The Morgan fingerprint density at radius 3 is 2.23 bits per heavy atom. The van der Waals surface area contributed by atoms with Crippen LogP contribution in [-0.2, 0) is 11.3 Å². The van der Waals surface area contributed by atoms with Gasteiger partial charge in [0.25, 0.3) is 0 Å².